The first-order valence-corrected chi connectivity index (χ1v) is 7.49. The van der Waals surface area contributed by atoms with Crippen molar-refractivity contribution in [3.63, 3.8) is 0 Å². The smallest absolute Gasteiger partial charge is 0.0528 e. The molecule has 0 saturated heterocycles. The fraction of sp³-hybridized carbons (Fsp3) is 0.529. The van der Waals surface area contributed by atoms with Crippen LogP contribution < -0.4 is 0 Å². The lowest BCUT2D eigenvalue weighted by Gasteiger charge is -2.41. The van der Waals surface area contributed by atoms with Gasteiger partial charge in [-0.3, -0.25) is 0 Å². The zero-order valence-electron chi connectivity index (χ0n) is 11.6. The Bertz CT molecular complexity index is 643. The summed E-state index contributed by atoms with van der Waals surface area (Å²) in [6.07, 6.45) is 5.99. The highest BCUT2D eigenvalue weighted by Crippen LogP contribution is 2.49. The molecular formula is C17H21NO. The molecule has 19 heavy (non-hydrogen) atoms. The molecule has 0 radical (unpaired) electrons. The van der Waals surface area contributed by atoms with E-state index in [0.29, 0.717) is 6.61 Å². The van der Waals surface area contributed by atoms with E-state index in [9.17, 15) is 5.11 Å². The van der Waals surface area contributed by atoms with E-state index in [1.807, 2.05) is 0 Å². The molecule has 1 N–H and O–H groups in total. The number of rotatable bonds is 2. The Balaban J connectivity index is 2.07. The van der Waals surface area contributed by atoms with Gasteiger partial charge in [0.1, 0.15) is 0 Å². The van der Waals surface area contributed by atoms with Crippen LogP contribution in [0.3, 0.4) is 0 Å². The van der Waals surface area contributed by atoms with Crippen molar-refractivity contribution in [2.75, 3.05) is 6.61 Å². The molecule has 2 heteroatoms. The van der Waals surface area contributed by atoms with Gasteiger partial charge in [0.25, 0.3) is 0 Å². The van der Waals surface area contributed by atoms with Crippen LogP contribution in [0.4, 0.5) is 0 Å². The van der Waals surface area contributed by atoms with Crippen LogP contribution in [0.2, 0.25) is 0 Å². The lowest BCUT2D eigenvalue weighted by atomic mass is 9.64. The molecule has 4 rings (SSSR count). The minimum atomic E-state index is 0.0521. The summed E-state index contributed by atoms with van der Waals surface area (Å²) in [6.45, 7) is 3.69. The predicted molar refractivity (Wildman–Crippen MR) is 77.6 cm³/mol. The summed E-state index contributed by atoms with van der Waals surface area (Å²) in [5.74, 6) is 0. The molecule has 0 spiro atoms. The molecule has 2 aliphatic rings. The standard InChI is InChI=1S/C17H21NO/c1-12-15(17(11-19)8-4-9-17)14-7-2-5-13-6-3-10-18(12)16(13)14/h2,5,7,19H,3-4,6,8-11H2,1H3. The van der Waals surface area contributed by atoms with Gasteiger partial charge in [0.05, 0.1) is 12.1 Å². The normalized spacial score (nSPS) is 20.5. The van der Waals surface area contributed by atoms with E-state index in [4.69, 9.17) is 0 Å². The summed E-state index contributed by atoms with van der Waals surface area (Å²) in [6, 6.07) is 6.73. The largest absolute Gasteiger partial charge is 0.395 e. The van der Waals surface area contributed by atoms with Crippen LogP contribution in [0.25, 0.3) is 10.9 Å². The fourth-order valence-electron chi connectivity index (χ4n) is 4.28. The van der Waals surface area contributed by atoms with E-state index in [2.05, 4.69) is 29.7 Å². The maximum atomic E-state index is 9.93. The van der Waals surface area contributed by atoms with Crippen LogP contribution in [-0.4, -0.2) is 16.3 Å². The van der Waals surface area contributed by atoms with Gasteiger partial charge in [0, 0.05) is 23.0 Å². The average Bonchev–Trinajstić information content (AvgIpc) is 2.67. The van der Waals surface area contributed by atoms with Crippen molar-refractivity contribution in [3.8, 4) is 0 Å². The van der Waals surface area contributed by atoms with Gasteiger partial charge in [0.2, 0.25) is 0 Å². The molecule has 2 nitrogen and oxygen atoms in total. The predicted octanol–water partition coefficient (Wildman–Crippen LogP) is 3.31. The number of hydrogen-bond donors (Lipinski definition) is 1. The van der Waals surface area contributed by atoms with Crippen molar-refractivity contribution in [2.24, 2.45) is 0 Å². The lowest BCUT2D eigenvalue weighted by molar-refractivity contribution is 0.120. The number of aliphatic hydroxyl groups excluding tert-OH is 1. The van der Waals surface area contributed by atoms with Crippen LogP contribution in [-0.2, 0) is 18.4 Å². The van der Waals surface area contributed by atoms with Crippen molar-refractivity contribution in [2.45, 2.75) is 51.0 Å². The summed E-state index contributed by atoms with van der Waals surface area (Å²) in [5, 5.41) is 11.3. The van der Waals surface area contributed by atoms with Gasteiger partial charge >= 0.3 is 0 Å². The first-order chi connectivity index (χ1) is 9.27. The zero-order valence-corrected chi connectivity index (χ0v) is 11.6. The Hall–Kier alpha value is -1.28. The van der Waals surface area contributed by atoms with E-state index in [1.54, 1.807) is 0 Å². The Morgan fingerprint density at radius 1 is 1.26 bits per heavy atom. The molecule has 0 unspecified atom stereocenters. The Kier molecular flexibility index (Phi) is 2.34. The minimum Gasteiger partial charge on any atom is -0.395 e. The highest BCUT2D eigenvalue weighted by atomic mass is 16.3. The highest BCUT2D eigenvalue weighted by Gasteiger charge is 2.42. The molecular weight excluding hydrogens is 234 g/mol. The summed E-state index contributed by atoms with van der Waals surface area (Å²) < 4.78 is 2.50. The van der Waals surface area contributed by atoms with Crippen molar-refractivity contribution in [1.29, 1.82) is 0 Å². The monoisotopic (exact) mass is 255 g/mol. The summed E-state index contributed by atoms with van der Waals surface area (Å²) in [7, 11) is 0. The van der Waals surface area contributed by atoms with Gasteiger partial charge in [-0.25, -0.2) is 0 Å². The van der Waals surface area contributed by atoms with Crippen molar-refractivity contribution < 1.29 is 5.11 Å². The second kappa shape index (κ2) is 3.86. The lowest BCUT2D eigenvalue weighted by Crippen LogP contribution is -2.38. The van der Waals surface area contributed by atoms with Gasteiger partial charge in [0.15, 0.2) is 0 Å². The van der Waals surface area contributed by atoms with Gasteiger partial charge in [-0.05, 0) is 43.7 Å². The molecule has 2 aromatic rings. The molecule has 1 aliphatic heterocycles. The molecule has 1 fully saturated rings. The Morgan fingerprint density at radius 2 is 2.11 bits per heavy atom. The molecule has 0 atom stereocenters. The molecule has 1 aromatic heterocycles. The molecule has 1 saturated carbocycles. The van der Waals surface area contributed by atoms with Crippen LogP contribution in [0.15, 0.2) is 18.2 Å². The fourth-order valence-corrected chi connectivity index (χ4v) is 4.28. The van der Waals surface area contributed by atoms with Crippen molar-refractivity contribution >= 4 is 10.9 Å². The molecule has 0 amide bonds. The third-order valence-corrected chi connectivity index (χ3v) is 5.40. The molecule has 0 bridgehead atoms. The second-order valence-corrected chi connectivity index (χ2v) is 6.32. The third-order valence-electron chi connectivity index (χ3n) is 5.40. The number of aromatic nitrogens is 1. The number of para-hydroxylation sites is 1. The highest BCUT2D eigenvalue weighted by molar-refractivity contribution is 5.90. The van der Waals surface area contributed by atoms with Crippen molar-refractivity contribution in [3.05, 3.63) is 35.0 Å². The molecule has 1 aromatic carbocycles. The molecule has 100 valence electrons. The van der Waals surface area contributed by atoms with Crippen molar-refractivity contribution in [1.82, 2.24) is 4.57 Å². The number of benzene rings is 1. The second-order valence-electron chi connectivity index (χ2n) is 6.32. The topological polar surface area (TPSA) is 25.2 Å². The summed E-state index contributed by atoms with van der Waals surface area (Å²) >= 11 is 0. The number of aliphatic hydroxyl groups is 1. The average molecular weight is 255 g/mol. The minimum absolute atomic E-state index is 0.0521. The maximum Gasteiger partial charge on any atom is 0.0528 e. The number of nitrogens with zero attached hydrogens (tertiary/aromatic N) is 1. The first kappa shape index (κ1) is 11.5. The van der Waals surface area contributed by atoms with Crippen LogP contribution in [0.5, 0.6) is 0 Å². The maximum absolute atomic E-state index is 9.93. The van der Waals surface area contributed by atoms with E-state index in [-0.39, 0.29) is 5.41 Å². The van der Waals surface area contributed by atoms with Crippen LogP contribution in [0, 0.1) is 6.92 Å². The van der Waals surface area contributed by atoms with Gasteiger partial charge in [-0.1, -0.05) is 24.6 Å². The Labute approximate surface area is 114 Å². The first-order valence-electron chi connectivity index (χ1n) is 7.49. The third kappa shape index (κ3) is 1.35. The molecule has 1 aliphatic carbocycles. The van der Waals surface area contributed by atoms with Crippen LogP contribution >= 0.6 is 0 Å². The number of aryl methyl sites for hydroxylation is 2. The van der Waals surface area contributed by atoms with Gasteiger partial charge < -0.3 is 9.67 Å². The summed E-state index contributed by atoms with van der Waals surface area (Å²) in [5.41, 5.74) is 5.83. The van der Waals surface area contributed by atoms with E-state index < -0.39 is 0 Å². The number of hydrogen-bond acceptors (Lipinski definition) is 1. The summed E-state index contributed by atoms with van der Waals surface area (Å²) in [4.78, 5) is 0. The van der Waals surface area contributed by atoms with E-state index in [0.717, 1.165) is 19.4 Å². The zero-order chi connectivity index (χ0) is 13.0. The molecule has 2 heterocycles. The van der Waals surface area contributed by atoms with Gasteiger partial charge in [-0.2, -0.15) is 0 Å². The van der Waals surface area contributed by atoms with E-state index >= 15 is 0 Å². The quantitative estimate of drug-likeness (QED) is 0.875. The van der Waals surface area contributed by atoms with Crippen LogP contribution in [0.1, 0.15) is 42.5 Å². The van der Waals surface area contributed by atoms with E-state index in [1.165, 1.54) is 47.0 Å². The Morgan fingerprint density at radius 3 is 2.79 bits per heavy atom. The van der Waals surface area contributed by atoms with Gasteiger partial charge in [-0.15, -0.1) is 0 Å². The SMILES string of the molecule is Cc1c(C2(CO)CCC2)c2cccc3c2n1CCC3.